The number of thiocarbonyl (C=S) groups is 1. The van der Waals surface area contributed by atoms with Gasteiger partial charge in [-0.3, -0.25) is 23.9 Å². The van der Waals surface area contributed by atoms with Gasteiger partial charge in [0.2, 0.25) is 11.8 Å². The number of thiazole rings is 1. The molecule has 2 aliphatic heterocycles. The van der Waals surface area contributed by atoms with E-state index in [1.54, 1.807) is 24.3 Å². The van der Waals surface area contributed by atoms with Crippen molar-refractivity contribution in [2.45, 2.75) is 33.7 Å². The van der Waals surface area contributed by atoms with Crippen LogP contribution in [0.5, 0.6) is 11.5 Å². The zero-order valence-corrected chi connectivity index (χ0v) is 26.3. The van der Waals surface area contributed by atoms with E-state index < -0.39 is 35.3 Å². The number of rotatable bonds is 8. The van der Waals surface area contributed by atoms with Crippen LogP contribution in [-0.4, -0.2) is 47.8 Å². The molecule has 1 saturated heterocycles. The average molecular weight is 635 g/mol. The van der Waals surface area contributed by atoms with Gasteiger partial charge in [0, 0.05) is 6.20 Å². The van der Waals surface area contributed by atoms with Crippen LogP contribution in [0.15, 0.2) is 58.0 Å². The number of hydrogen-bond acceptors (Lipinski definition) is 10. The highest BCUT2D eigenvalue weighted by molar-refractivity contribution is 7.80. The van der Waals surface area contributed by atoms with E-state index in [0.717, 1.165) is 22.5 Å². The number of nitrogens with one attached hydrogen (secondary N) is 1. The first-order valence-electron chi connectivity index (χ1n) is 13.8. The number of carbonyl (C=O) groups excluding carboxylic acids is 3. The SMILES string of the molecule is CCOc1ccc([C@@H]2C(C(=O)OC)=CN=c3s/c(=C/[C@H]4C(=O)NC(=S)N(c5ccc(C)c(C)c5)C4=O)c(=O)n32)cc1OCC. The molecule has 0 saturated carbocycles. The first-order chi connectivity index (χ1) is 21.1. The Kier molecular flexibility index (Phi) is 8.79. The van der Waals surface area contributed by atoms with Crippen LogP contribution in [0.4, 0.5) is 5.69 Å². The maximum absolute atomic E-state index is 14.0. The van der Waals surface area contributed by atoms with Gasteiger partial charge in [0.05, 0.1) is 42.2 Å². The van der Waals surface area contributed by atoms with Crippen LogP contribution in [0, 0.1) is 19.8 Å². The Balaban J connectivity index is 1.62. The van der Waals surface area contributed by atoms with Crippen molar-refractivity contribution in [1.29, 1.82) is 0 Å². The number of aryl methyl sites for hydroxylation is 2. The first kappa shape index (κ1) is 30.8. The van der Waals surface area contributed by atoms with E-state index in [-0.39, 0.29) is 20.0 Å². The largest absolute Gasteiger partial charge is 0.490 e. The summed E-state index contributed by atoms with van der Waals surface area (Å²) in [6, 6.07) is 9.65. The van der Waals surface area contributed by atoms with Gasteiger partial charge in [0.25, 0.3) is 5.56 Å². The number of anilines is 1. The van der Waals surface area contributed by atoms with Gasteiger partial charge in [-0.2, -0.15) is 0 Å². The molecule has 1 N–H and O–H groups in total. The van der Waals surface area contributed by atoms with Gasteiger partial charge in [-0.25, -0.2) is 9.79 Å². The lowest BCUT2D eigenvalue weighted by molar-refractivity contribution is -0.136. The standard InChI is InChI=1S/C31H30N4O7S2/c1-6-41-22-11-9-18(13-23(22)42-7-2)25-21(29(39)40-5)15-32-31-35(25)28(38)24(44-31)14-20-26(36)33-30(43)34(27(20)37)19-10-8-16(3)17(4)12-19/h8-15,20,25H,6-7H2,1-5H3,(H,33,36,43)/b24-14+/t20-,25+/m0/s1. The molecule has 3 aromatic rings. The zero-order valence-electron chi connectivity index (χ0n) is 24.7. The van der Waals surface area contributed by atoms with Crippen molar-refractivity contribution in [3.63, 3.8) is 0 Å². The Morgan fingerprint density at radius 2 is 1.77 bits per heavy atom. The van der Waals surface area contributed by atoms with Crippen molar-refractivity contribution in [2.75, 3.05) is 25.2 Å². The quantitative estimate of drug-likeness (QED) is 0.228. The van der Waals surface area contributed by atoms with Crippen LogP contribution in [0.3, 0.4) is 0 Å². The predicted octanol–water partition coefficient (Wildman–Crippen LogP) is 2.45. The fraction of sp³-hybridized carbons (Fsp3) is 0.290. The van der Waals surface area contributed by atoms with Crippen molar-refractivity contribution >= 4 is 58.2 Å². The molecule has 11 nitrogen and oxygen atoms in total. The molecule has 0 spiro atoms. The second kappa shape index (κ2) is 12.5. The molecule has 1 aromatic heterocycles. The number of hydrogen-bond donors (Lipinski definition) is 1. The number of esters is 1. The summed E-state index contributed by atoms with van der Waals surface area (Å²) in [5.74, 6) is -2.28. The number of nitrogens with zero attached hydrogens (tertiary/aromatic N) is 3. The number of methoxy groups -OCH3 is 1. The minimum atomic E-state index is -1.33. The lowest BCUT2D eigenvalue weighted by Gasteiger charge is -2.31. The summed E-state index contributed by atoms with van der Waals surface area (Å²) in [7, 11) is 1.24. The summed E-state index contributed by atoms with van der Waals surface area (Å²) in [5, 5.41) is 2.54. The lowest BCUT2D eigenvalue weighted by Crippen LogP contribution is -2.58. The van der Waals surface area contributed by atoms with Gasteiger partial charge >= 0.3 is 5.97 Å². The van der Waals surface area contributed by atoms with E-state index in [1.807, 2.05) is 39.8 Å². The maximum Gasteiger partial charge on any atom is 0.337 e. The number of amides is 2. The summed E-state index contributed by atoms with van der Waals surface area (Å²) in [6.07, 6.45) is 2.68. The fourth-order valence-electron chi connectivity index (χ4n) is 5.00. The van der Waals surface area contributed by atoms with E-state index in [0.29, 0.717) is 36.0 Å². The second-order valence-electron chi connectivity index (χ2n) is 9.98. The predicted molar refractivity (Wildman–Crippen MR) is 168 cm³/mol. The van der Waals surface area contributed by atoms with Gasteiger partial charge < -0.3 is 19.5 Å². The smallest absolute Gasteiger partial charge is 0.337 e. The van der Waals surface area contributed by atoms with E-state index >= 15 is 0 Å². The van der Waals surface area contributed by atoms with Gasteiger partial charge in [-0.1, -0.05) is 23.5 Å². The van der Waals surface area contributed by atoms with Crippen LogP contribution >= 0.6 is 23.6 Å². The Labute approximate surface area is 262 Å². The number of carbonyl (C=O) groups is 3. The summed E-state index contributed by atoms with van der Waals surface area (Å²) in [4.78, 5) is 59.4. The molecule has 228 valence electrons. The van der Waals surface area contributed by atoms with Crippen molar-refractivity contribution in [2.24, 2.45) is 10.9 Å². The molecule has 2 atom stereocenters. The van der Waals surface area contributed by atoms with Crippen molar-refractivity contribution < 1.29 is 28.6 Å². The third-order valence-electron chi connectivity index (χ3n) is 7.28. The van der Waals surface area contributed by atoms with Crippen molar-refractivity contribution in [3.8, 4) is 11.5 Å². The van der Waals surface area contributed by atoms with E-state index in [2.05, 4.69) is 10.3 Å². The Morgan fingerprint density at radius 1 is 1.05 bits per heavy atom. The third kappa shape index (κ3) is 5.55. The fourth-order valence-corrected chi connectivity index (χ4v) is 6.27. The van der Waals surface area contributed by atoms with E-state index in [4.69, 9.17) is 26.4 Å². The van der Waals surface area contributed by atoms with Crippen molar-refractivity contribution in [3.05, 3.63) is 84.5 Å². The molecule has 0 bridgehead atoms. The van der Waals surface area contributed by atoms with Crippen molar-refractivity contribution in [1.82, 2.24) is 9.88 Å². The molecule has 2 amide bonds. The average Bonchev–Trinajstić information content (AvgIpc) is 3.32. The van der Waals surface area contributed by atoms with Crippen LogP contribution in [0.1, 0.15) is 36.6 Å². The molecule has 1 fully saturated rings. The number of fused-ring (bicyclic) bond motifs is 1. The van der Waals surface area contributed by atoms with Gasteiger partial charge in [-0.05, 0) is 86.9 Å². The molecular formula is C31H30N4O7S2. The van der Waals surface area contributed by atoms with E-state index in [1.165, 1.54) is 28.9 Å². The number of aromatic nitrogens is 1. The molecule has 2 aliphatic rings. The Morgan fingerprint density at radius 3 is 2.45 bits per heavy atom. The monoisotopic (exact) mass is 634 g/mol. The highest BCUT2D eigenvalue weighted by Gasteiger charge is 2.39. The molecule has 44 heavy (non-hydrogen) atoms. The summed E-state index contributed by atoms with van der Waals surface area (Å²) < 4.78 is 17.9. The molecule has 13 heteroatoms. The van der Waals surface area contributed by atoms with Crippen LogP contribution in [0.2, 0.25) is 0 Å². The normalized spacial score (nSPS) is 18.3. The first-order valence-corrected chi connectivity index (χ1v) is 15.1. The van der Waals surface area contributed by atoms with Crippen LogP contribution < -0.4 is 34.6 Å². The maximum atomic E-state index is 14.0. The Bertz CT molecular complexity index is 1910. The summed E-state index contributed by atoms with van der Waals surface area (Å²) in [6.45, 7) is 8.33. The number of benzene rings is 2. The van der Waals surface area contributed by atoms with Gasteiger partial charge in [0.1, 0.15) is 5.92 Å². The van der Waals surface area contributed by atoms with Crippen LogP contribution in [-0.2, 0) is 19.1 Å². The summed E-state index contributed by atoms with van der Waals surface area (Å²) >= 11 is 6.34. The molecule has 2 aromatic carbocycles. The third-order valence-corrected chi connectivity index (χ3v) is 8.58. The molecule has 0 aliphatic carbocycles. The highest BCUT2D eigenvalue weighted by atomic mass is 32.1. The van der Waals surface area contributed by atoms with Crippen LogP contribution in [0.25, 0.3) is 6.08 Å². The molecule has 0 unspecified atom stereocenters. The van der Waals surface area contributed by atoms with Gasteiger partial charge in [0.15, 0.2) is 21.4 Å². The highest BCUT2D eigenvalue weighted by Crippen LogP contribution is 2.35. The minimum absolute atomic E-state index is 0.0438. The lowest BCUT2D eigenvalue weighted by atomic mass is 9.97. The molecule has 5 rings (SSSR count). The van der Waals surface area contributed by atoms with E-state index in [9.17, 15) is 19.2 Å². The topological polar surface area (TPSA) is 129 Å². The minimum Gasteiger partial charge on any atom is -0.490 e. The molecule has 0 radical (unpaired) electrons. The Hall–Kier alpha value is -4.62. The number of ether oxygens (including phenoxy) is 3. The van der Waals surface area contributed by atoms with Gasteiger partial charge in [-0.15, -0.1) is 0 Å². The molecule has 3 heterocycles. The molecular weight excluding hydrogens is 604 g/mol. The second-order valence-corrected chi connectivity index (χ2v) is 11.4. The summed E-state index contributed by atoms with van der Waals surface area (Å²) in [5.41, 5.74) is 2.62. The zero-order chi connectivity index (χ0) is 31.7.